The fourth-order valence-electron chi connectivity index (χ4n) is 3.10. The molecule has 3 aromatic rings. The van der Waals surface area contributed by atoms with Crippen molar-refractivity contribution < 1.29 is 14.3 Å². The lowest BCUT2D eigenvalue weighted by Gasteiger charge is -2.19. The average Bonchev–Trinajstić information content (AvgIpc) is 2.71. The molecule has 0 aliphatic carbocycles. The van der Waals surface area contributed by atoms with E-state index in [2.05, 4.69) is 15.6 Å². The Kier molecular flexibility index (Phi) is 4.85. The van der Waals surface area contributed by atoms with Gasteiger partial charge in [0.1, 0.15) is 19.0 Å². The van der Waals surface area contributed by atoms with Crippen molar-refractivity contribution in [1.29, 1.82) is 0 Å². The van der Waals surface area contributed by atoms with E-state index >= 15 is 0 Å². The Balaban J connectivity index is 1.52. The molecule has 0 saturated heterocycles. The van der Waals surface area contributed by atoms with Crippen LogP contribution in [0.1, 0.15) is 21.5 Å². The molecule has 2 heterocycles. The second kappa shape index (κ2) is 7.60. The lowest BCUT2D eigenvalue weighted by Crippen LogP contribution is -2.16. The van der Waals surface area contributed by atoms with Gasteiger partial charge in [-0.15, -0.1) is 0 Å². The average molecular weight is 375 g/mol. The number of nitrogens with zero attached hydrogens (tertiary/aromatic N) is 1. The number of para-hydroxylation sites is 1. The number of benzene rings is 2. The van der Waals surface area contributed by atoms with Crippen LogP contribution in [0.4, 0.5) is 17.2 Å². The summed E-state index contributed by atoms with van der Waals surface area (Å²) in [4.78, 5) is 17.0. The predicted octanol–water partition coefficient (Wildman–Crippen LogP) is 4.47. The van der Waals surface area contributed by atoms with Gasteiger partial charge in [0.2, 0.25) is 0 Å². The highest BCUT2D eigenvalue weighted by Gasteiger charge is 2.14. The van der Waals surface area contributed by atoms with Crippen LogP contribution in [-0.2, 0) is 0 Å². The molecule has 2 N–H and O–H groups in total. The summed E-state index contributed by atoms with van der Waals surface area (Å²) in [5.41, 5.74) is 4.40. The molecule has 28 heavy (non-hydrogen) atoms. The number of anilines is 3. The molecule has 0 fully saturated rings. The van der Waals surface area contributed by atoms with Crippen molar-refractivity contribution in [1.82, 2.24) is 4.98 Å². The summed E-state index contributed by atoms with van der Waals surface area (Å²) in [6.45, 7) is 5.11. The second-order valence-electron chi connectivity index (χ2n) is 6.63. The molecule has 2 aromatic carbocycles. The molecule has 0 bridgehead atoms. The van der Waals surface area contributed by atoms with Gasteiger partial charge in [-0.2, -0.15) is 0 Å². The molecule has 6 nitrogen and oxygen atoms in total. The van der Waals surface area contributed by atoms with E-state index in [0.29, 0.717) is 41.8 Å². The van der Waals surface area contributed by atoms with Crippen molar-refractivity contribution in [3.63, 3.8) is 0 Å². The molecule has 0 unspecified atom stereocenters. The van der Waals surface area contributed by atoms with Gasteiger partial charge in [-0.25, -0.2) is 4.98 Å². The van der Waals surface area contributed by atoms with E-state index in [1.165, 1.54) is 0 Å². The minimum absolute atomic E-state index is 0.219. The summed E-state index contributed by atoms with van der Waals surface area (Å²) in [6, 6.07) is 14.9. The van der Waals surface area contributed by atoms with E-state index in [0.717, 1.165) is 16.8 Å². The van der Waals surface area contributed by atoms with E-state index < -0.39 is 0 Å². The Morgan fingerprint density at radius 3 is 2.50 bits per heavy atom. The summed E-state index contributed by atoms with van der Waals surface area (Å²) in [5, 5.41) is 6.21. The summed E-state index contributed by atoms with van der Waals surface area (Å²) >= 11 is 0. The van der Waals surface area contributed by atoms with Crippen LogP contribution < -0.4 is 20.1 Å². The third-order valence-electron chi connectivity index (χ3n) is 4.56. The molecule has 0 saturated carbocycles. The number of ether oxygens (including phenoxy) is 2. The predicted molar refractivity (Wildman–Crippen MR) is 109 cm³/mol. The normalized spacial score (nSPS) is 12.4. The number of pyridine rings is 1. The smallest absolute Gasteiger partial charge is 0.255 e. The number of hydrogen-bond donors (Lipinski definition) is 2. The molecule has 142 valence electrons. The second-order valence-corrected chi connectivity index (χ2v) is 6.63. The number of fused-ring (bicyclic) bond motifs is 1. The zero-order valence-electron chi connectivity index (χ0n) is 15.8. The molecule has 0 spiro atoms. The Morgan fingerprint density at radius 2 is 1.71 bits per heavy atom. The van der Waals surface area contributed by atoms with Crippen LogP contribution in [0.3, 0.4) is 0 Å². The maximum absolute atomic E-state index is 12.7. The summed E-state index contributed by atoms with van der Waals surface area (Å²) < 4.78 is 11.1. The van der Waals surface area contributed by atoms with Crippen molar-refractivity contribution in [2.75, 3.05) is 23.8 Å². The van der Waals surface area contributed by atoms with Gasteiger partial charge in [0.15, 0.2) is 11.5 Å². The number of rotatable bonds is 4. The number of aromatic nitrogens is 1. The largest absolute Gasteiger partial charge is 0.486 e. The van der Waals surface area contributed by atoms with E-state index in [1.54, 1.807) is 36.5 Å². The van der Waals surface area contributed by atoms with E-state index in [4.69, 9.17) is 9.47 Å². The van der Waals surface area contributed by atoms with Crippen LogP contribution in [0.2, 0.25) is 0 Å². The highest BCUT2D eigenvalue weighted by Crippen LogP contribution is 2.32. The summed E-state index contributed by atoms with van der Waals surface area (Å²) in [5.74, 6) is 1.72. The van der Waals surface area contributed by atoms with Crippen LogP contribution in [0, 0.1) is 13.8 Å². The first-order valence-corrected chi connectivity index (χ1v) is 9.10. The monoisotopic (exact) mass is 375 g/mol. The maximum Gasteiger partial charge on any atom is 0.255 e. The molecule has 1 aliphatic rings. The van der Waals surface area contributed by atoms with Crippen LogP contribution in [-0.4, -0.2) is 24.1 Å². The van der Waals surface area contributed by atoms with Crippen LogP contribution in [0.5, 0.6) is 11.5 Å². The van der Waals surface area contributed by atoms with E-state index in [9.17, 15) is 4.79 Å². The van der Waals surface area contributed by atoms with Crippen molar-refractivity contribution in [3.8, 4) is 11.5 Å². The van der Waals surface area contributed by atoms with E-state index in [1.807, 2.05) is 32.0 Å². The Bertz CT molecular complexity index is 1010. The zero-order valence-corrected chi connectivity index (χ0v) is 15.8. The lowest BCUT2D eigenvalue weighted by atomic mass is 10.1. The van der Waals surface area contributed by atoms with Crippen LogP contribution >= 0.6 is 0 Å². The minimum Gasteiger partial charge on any atom is -0.486 e. The standard InChI is InChI=1S/C22H21N3O3/c1-14-4-3-5-15(2)21(14)25-20-12-16(8-9-23-20)22(26)24-17-6-7-18-19(13-17)28-11-10-27-18/h3-9,12-13H,10-11H2,1-2H3,(H,23,25)(H,24,26). The lowest BCUT2D eigenvalue weighted by molar-refractivity contribution is 0.102. The Hall–Kier alpha value is -3.54. The fraction of sp³-hybridized carbons (Fsp3) is 0.182. The third kappa shape index (κ3) is 3.76. The third-order valence-corrected chi connectivity index (χ3v) is 4.56. The molecule has 1 aliphatic heterocycles. The first-order valence-electron chi connectivity index (χ1n) is 9.10. The highest BCUT2D eigenvalue weighted by molar-refractivity contribution is 6.04. The Morgan fingerprint density at radius 1 is 0.964 bits per heavy atom. The Labute approximate surface area is 163 Å². The van der Waals surface area contributed by atoms with Gasteiger partial charge in [0.05, 0.1) is 0 Å². The molecule has 1 aromatic heterocycles. The topological polar surface area (TPSA) is 72.5 Å². The van der Waals surface area contributed by atoms with Gasteiger partial charge in [0, 0.05) is 29.2 Å². The first kappa shape index (κ1) is 17.9. The fourth-order valence-corrected chi connectivity index (χ4v) is 3.10. The number of amides is 1. The maximum atomic E-state index is 12.7. The number of carbonyl (C=O) groups excluding carboxylic acids is 1. The molecule has 0 radical (unpaired) electrons. The van der Waals surface area contributed by atoms with Crippen molar-refractivity contribution >= 4 is 23.1 Å². The quantitative estimate of drug-likeness (QED) is 0.704. The number of aryl methyl sites for hydroxylation is 2. The molecular formula is C22H21N3O3. The van der Waals surface area contributed by atoms with Gasteiger partial charge in [-0.05, 0) is 49.2 Å². The van der Waals surface area contributed by atoms with Gasteiger partial charge in [-0.1, -0.05) is 18.2 Å². The van der Waals surface area contributed by atoms with Crippen molar-refractivity contribution in [2.45, 2.75) is 13.8 Å². The number of hydrogen-bond acceptors (Lipinski definition) is 5. The van der Waals surface area contributed by atoms with Crippen LogP contribution in [0.25, 0.3) is 0 Å². The first-order chi connectivity index (χ1) is 13.6. The number of carbonyl (C=O) groups is 1. The SMILES string of the molecule is Cc1cccc(C)c1Nc1cc(C(=O)Nc2ccc3c(c2)OCCO3)ccn1. The van der Waals surface area contributed by atoms with Crippen molar-refractivity contribution in [2.24, 2.45) is 0 Å². The van der Waals surface area contributed by atoms with Crippen LogP contribution in [0.15, 0.2) is 54.7 Å². The van der Waals surface area contributed by atoms with Crippen molar-refractivity contribution in [3.05, 3.63) is 71.4 Å². The molecule has 0 atom stereocenters. The highest BCUT2D eigenvalue weighted by atomic mass is 16.6. The van der Waals surface area contributed by atoms with Gasteiger partial charge < -0.3 is 20.1 Å². The number of nitrogens with one attached hydrogen (secondary N) is 2. The molecule has 4 rings (SSSR count). The van der Waals surface area contributed by atoms with Gasteiger partial charge in [-0.3, -0.25) is 4.79 Å². The molecular weight excluding hydrogens is 354 g/mol. The molecule has 6 heteroatoms. The minimum atomic E-state index is -0.219. The summed E-state index contributed by atoms with van der Waals surface area (Å²) in [7, 11) is 0. The molecule has 1 amide bonds. The van der Waals surface area contributed by atoms with E-state index in [-0.39, 0.29) is 5.91 Å². The van der Waals surface area contributed by atoms with Gasteiger partial charge in [0.25, 0.3) is 5.91 Å². The zero-order chi connectivity index (χ0) is 19.5. The van der Waals surface area contributed by atoms with Gasteiger partial charge >= 0.3 is 0 Å². The summed E-state index contributed by atoms with van der Waals surface area (Å²) in [6.07, 6.45) is 1.62.